The lowest BCUT2D eigenvalue weighted by Gasteiger charge is -2.19. The first-order valence-electron chi connectivity index (χ1n) is 8.39. The van der Waals surface area contributed by atoms with Gasteiger partial charge in [-0.2, -0.15) is 0 Å². The number of hydrogen-bond donors (Lipinski definition) is 1. The molecule has 0 saturated carbocycles. The molecule has 0 saturated heterocycles. The third kappa shape index (κ3) is 5.12. The Morgan fingerprint density at radius 3 is 2.46 bits per heavy atom. The molecule has 0 radical (unpaired) electrons. The highest BCUT2D eigenvalue weighted by Crippen LogP contribution is 2.20. The smallest absolute Gasteiger partial charge is 0.317 e. The summed E-state index contributed by atoms with van der Waals surface area (Å²) in [6, 6.07) is 10.4. The van der Waals surface area contributed by atoms with E-state index in [2.05, 4.69) is 11.4 Å². The predicted molar refractivity (Wildman–Crippen MR) is 99.3 cm³/mol. The van der Waals surface area contributed by atoms with Crippen LogP contribution in [0.4, 0.5) is 9.18 Å². The number of carbonyl (C=O) groups excluding carboxylic acids is 1. The molecule has 0 spiro atoms. The van der Waals surface area contributed by atoms with Gasteiger partial charge in [0, 0.05) is 20.1 Å². The van der Waals surface area contributed by atoms with Crippen LogP contribution >= 0.6 is 0 Å². The van der Waals surface area contributed by atoms with Crippen LogP contribution in [-0.2, 0) is 13.0 Å². The molecule has 2 aromatic rings. The normalized spacial score (nSPS) is 10.3. The Morgan fingerprint density at radius 2 is 1.81 bits per heavy atom. The number of ether oxygens (including phenoxy) is 2. The van der Waals surface area contributed by atoms with E-state index in [-0.39, 0.29) is 11.8 Å². The van der Waals surface area contributed by atoms with E-state index in [1.807, 2.05) is 19.1 Å². The average Bonchev–Trinajstić information content (AvgIpc) is 2.62. The molecule has 0 heterocycles. The Labute approximate surface area is 153 Å². The van der Waals surface area contributed by atoms with Gasteiger partial charge >= 0.3 is 6.03 Å². The van der Waals surface area contributed by atoms with Gasteiger partial charge in [-0.05, 0) is 42.7 Å². The highest BCUT2D eigenvalue weighted by atomic mass is 19.1. The number of halogens is 1. The molecule has 0 aliphatic heterocycles. The van der Waals surface area contributed by atoms with Crippen LogP contribution in [0.2, 0.25) is 0 Å². The van der Waals surface area contributed by atoms with E-state index >= 15 is 0 Å². The van der Waals surface area contributed by atoms with Crippen LogP contribution in [0.15, 0.2) is 36.4 Å². The number of hydrogen-bond acceptors (Lipinski definition) is 3. The summed E-state index contributed by atoms with van der Waals surface area (Å²) < 4.78 is 24.0. The Kier molecular flexibility index (Phi) is 6.83. The summed E-state index contributed by atoms with van der Waals surface area (Å²) in [5.74, 6) is 0.560. The van der Waals surface area contributed by atoms with Crippen LogP contribution in [0.3, 0.4) is 0 Å². The molecule has 0 atom stereocenters. The zero-order chi connectivity index (χ0) is 19.1. The molecule has 0 aliphatic rings. The zero-order valence-electron chi connectivity index (χ0n) is 15.6. The summed E-state index contributed by atoms with van der Waals surface area (Å²) in [6.07, 6.45) is 0.668. The fraction of sp³-hybridized carbons (Fsp3) is 0.350. The van der Waals surface area contributed by atoms with Gasteiger partial charge in [-0.15, -0.1) is 0 Å². The van der Waals surface area contributed by atoms with E-state index in [1.54, 1.807) is 26.3 Å². The van der Waals surface area contributed by atoms with Crippen LogP contribution in [0.25, 0.3) is 0 Å². The number of benzene rings is 2. The maximum absolute atomic E-state index is 13.7. The lowest BCUT2D eigenvalue weighted by Crippen LogP contribution is -2.37. The molecular weight excluding hydrogens is 335 g/mol. The quantitative estimate of drug-likeness (QED) is 0.822. The molecule has 0 fully saturated rings. The van der Waals surface area contributed by atoms with Crippen molar-refractivity contribution in [3.05, 3.63) is 58.9 Å². The minimum Gasteiger partial charge on any atom is -0.496 e. The van der Waals surface area contributed by atoms with Crippen molar-refractivity contribution < 1.29 is 18.7 Å². The Bertz CT molecular complexity index is 765. The van der Waals surface area contributed by atoms with Crippen molar-refractivity contribution >= 4 is 6.03 Å². The summed E-state index contributed by atoms with van der Waals surface area (Å²) in [7, 11) is 4.72. The van der Waals surface area contributed by atoms with Crippen LogP contribution in [0.5, 0.6) is 11.5 Å². The van der Waals surface area contributed by atoms with Gasteiger partial charge < -0.3 is 19.7 Å². The third-order valence-electron chi connectivity index (χ3n) is 4.09. The molecule has 140 valence electrons. The monoisotopic (exact) mass is 360 g/mol. The zero-order valence-corrected chi connectivity index (χ0v) is 15.6. The van der Waals surface area contributed by atoms with Crippen molar-refractivity contribution in [1.82, 2.24) is 10.2 Å². The fourth-order valence-corrected chi connectivity index (χ4v) is 2.70. The van der Waals surface area contributed by atoms with Gasteiger partial charge in [0.1, 0.15) is 5.75 Å². The van der Waals surface area contributed by atoms with E-state index < -0.39 is 5.82 Å². The van der Waals surface area contributed by atoms with E-state index in [9.17, 15) is 9.18 Å². The molecule has 5 nitrogen and oxygen atoms in total. The third-order valence-corrected chi connectivity index (χ3v) is 4.09. The van der Waals surface area contributed by atoms with Crippen LogP contribution in [-0.4, -0.2) is 38.7 Å². The average molecular weight is 360 g/mol. The molecule has 6 heteroatoms. The number of aryl methyl sites for hydroxylation is 1. The second-order valence-electron chi connectivity index (χ2n) is 6.12. The van der Waals surface area contributed by atoms with Gasteiger partial charge in [0.25, 0.3) is 0 Å². The van der Waals surface area contributed by atoms with Crippen molar-refractivity contribution in [2.75, 3.05) is 27.8 Å². The molecule has 0 unspecified atom stereocenters. The number of rotatable bonds is 7. The van der Waals surface area contributed by atoms with Crippen LogP contribution in [0.1, 0.15) is 16.7 Å². The highest BCUT2D eigenvalue weighted by molar-refractivity contribution is 5.73. The molecule has 0 aromatic heterocycles. The number of nitrogens with one attached hydrogen (secondary N) is 1. The topological polar surface area (TPSA) is 50.8 Å². The molecule has 26 heavy (non-hydrogen) atoms. The lowest BCUT2D eigenvalue weighted by molar-refractivity contribution is 0.207. The van der Waals surface area contributed by atoms with E-state index in [0.717, 1.165) is 16.9 Å². The molecule has 2 rings (SSSR count). The first-order chi connectivity index (χ1) is 12.4. The maximum Gasteiger partial charge on any atom is 0.317 e. The van der Waals surface area contributed by atoms with Gasteiger partial charge in [0.2, 0.25) is 0 Å². The molecule has 1 N–H and O–H groups in total. The Morgan fingerprint density at radius 1 is 1.12 bits per heavy atom. The molecule has 0 aliphatic carbocycles. The first-order valence-corrected chi connectivity index (χ1v) is 8.39. The minimum atomic E-state index is -0.439. The van der Waals surface area contributed by atoms with E-state index in [1.165, 1.54) is 18.1 Å². The van der Waals surface area contributed by atoms with E-state index in [0.29, 0.717) is 25.1 Å². The molecule has 0 bridgehead atoms. The van der Waals surface area contributed by atoms with Crippen molar-refractivity contribution in [3.63, 3.8) is 0 Å². The van der Waals surface area contributed by atoms with Crippen LogP contribution < -0.4 is 14.8 Å². The summed E-state index contributed by atoms with van der Waals surface area (Å²) in [5, 5.41) is 2.87. The number of urea groups is 1. The summed E-state index contributed by atoms with van der Waals surface area (Å²) in [5.41, 5.74) is 2.89. The predicted octanol–water partition coefficient (Wildman–Crippen LogP) is 3.54. The summed E-state index contributed by atoms with van der Waals surface area (Å²) in [6.45, 7) is 2.81. The second-order valence-corrected chi connectivity index (χ2v) is 6.12. The lowest BCUT2D eigenvalue weighted by atomic mass is 10.1. The van der Waals surface area contributed by atoms with Gasteiger partial charge in [-0.3, -0.25) is 0 Å². The molecule has 2 amide bonds. The van der Waals surface area contributed by atoms with Gasteiger partial charge in [0.05, 0.1) is 14.2 Å². The first kappa shape index (κ1) is 19.6. The van der Waals surface area contributed by atoms with Gasteiger partial charge in [0.15, 0.2) is 11.6 Å². The molecular formula is C20H25FN2O3. The minimum absolute atomic E-state index is 0.188. The largest absolute Gasteiger partial charge is 0.496 e. The second kappa shape index (κ2) is 9.08. The fourth-order valence-electron chi connectivity index (χ4n) is 2.70. The van der Waals surface area contributed by atoms with Crippen molar-refractivity contribution in [3.8, 4) is 11.5 Å². The number of carbonyl (C=O) groups is 1. The SMILES string of the molecule is COc1ccc(CN(C)C(=O)NCCc2cc(C)ccc2OC)cc1F. The van der Waals surface area contributed by atoms with Gasteiger partial charge in [-0.1, -0.05) is 23.8 Å². The number of amides is 2. The van der Waals surface area contributed by atoms with Crippen LogP contribution in [0, 0.1) is 12.7 Å². The van der Waals surface area contributed by atoms with Crippen molar-refractivity contribution in [1.29, 1.82) is 0 Å². The molecule has 2 aromatic carbocycles. The van der Waals surface area contributed by atoms with Crippen molar-refractivity contribution in [2.24, 2.45) is 0 Å². The number of nitrogens with zero attached hydrogens (tertiary/aromatic N) is 1. The Hall–Kier alpha value is -2.76. The summed E-state index contributed by atoms with van der Waals surface area (Å²) >= 11 is 0. The van der Waals surface area contributed by atoms with E-state index in [4.69, 9.17) is 9.47 Å². The maximum atomic E-state index is 13.7. The Balaban J connectivity index is 1.87. The standard InChI is InChI=1S/C20H25FN2O3/c1-14-5-7-18(25-3)16(11-14)9-10-22-20(24)23(2)13-15-6-8-19(26-4)17(21)12-15/h5-8,11-12H,9-10,13H2,1-4H3,(H,22,24). The van der Waals surface area contributed by atoms with Crippen molar-refractivity contribution in [2.45, 2.75) is 19.9 Å². The summed E-state index contributed by atoms with van der Waals surface area (Å²) in [4.78, 5) is 13.7. The number of methoxy groups -OCH3 is 2. The van der Waals surface area contributed by atoms with Gasteiger partial charge in [-0.25, -0.2) is 9.18 Å². The highest BCUT2D eigenvalue weighted by Gasteiger charge is 2.11.